The molecule has 0 spiro atoms. The predicted molar refractivity (Wildman–Crippen MR) is 109 cm³/mol. The van der Waals surface area contributed by atoms with Gasteiger partial charge in [-0.2, -0.15) is 5.10 Å². The molecule has 1 N–H and O–H groups in total. The minimum Gasteiger partial charge on any atom is -0.469 e. The normalized spacial score (nSPS) is 11.2. The highest BCUT2D eigenvalue weighted by atomic mass is 16.5. The summed E-state index contributed by atoms with van der Waals surface area (Å²) in [6.07, 6.45) is 5.96. The molecule has 2 aromatic heterocycles. The zero-order valence-corrected chi connectivity index (χ0v) is 17.7. The van der Waals surface area contributed by atoms with E-state index >= 15 is 0 Å². The van der Waals surface area contributed by atoms with Crippen LogP contribution in [-0.4, -0.2) is 40.3 Å². The van der Waals surface area contributed by atoms with Crippen LogP contribution in [0.4, 0.5) is 0 Å². The van der Waals surface area contributed by atoms with Gasteiger partial charge in [0.05, 0.1) is 13.3 Å². The number of carbonyl (C=O) groups is 2. The number of unbranched alkanes of at least 4 members (excludes halogenated alkanes) is 2. The summed E-state index contributed by atoms with van der Waals surface area (Å²) in [6.45, 7) is 8.89. The van der Waals surface area contributed by atoms with E-state index in [0.717, 1.165) is 47.1 Å². The van der Waals surface area contributed by atoms with Gasteiger partial charge in [0.1, 0.15) is 0 Å². The van der Waals surface area contributed by atoms with Gasteiger partial charge >= 0.3 is 5.97 Å². The van der Waals surface area contributed by atoms with Crippen molar-refractivity contribution in [3.63, 3.8) is 0 Å². The van der Waals surface area contributed by atoms with Gasteiger partial charge in [-0.05, 0) is 58.1 Å². The van der Waals surface area contributed by atoms with Gasteiger partial charge in [0.15, 0.2) is 5.65 Å². The number of pyridine rings is 1. The van der Waals surface area contributed by atoms with E-state index in [1.807, 2.05) is 17.8 Å². The van der Waals surface area contributed by atoms with Crippen molar-refractivity contribution in [1.82, 2.24) is 20.1 Å². The van der Waals surface area contributed by atoms with Crippen molar-refractivity contribution in [1.29, 1.82) is 0 Å². The van der Waals surface area contributed by atoms with Crippen LogP contribution >= 0.6 is 0 Å². The molecule has 0 aliphatic heterocycles. The maximum Gasteiger partial charge on any atom is 0.305 e. The quantitative estimate of drug-likeness (QED) is 0.498. The summed E-state index contributed by atoms with van der Waals surface area (Å²) in [5.74, 6) is -0.135. The number of fused-ring (bicyclic) bond motifs is 1. The van der Waals surface area contributed by atoms with E-state index in [-0.39, 0.29) is 17.9 Å². The van der Waals surface area contributed by atoms with Crippen molar-refractivity contribution in [2.75, 3.05) is 13.7 Å². The Morgan fingerprint density at radius 1 is 1.18 bits per heavy atom. The van der Waals surface area contributed by atoms with Gasteiger partial charge < -0.3 is 10.1 Å². The molecule has 0 saturated heterocycles. The molecule has 154 valence electrons. The molecule has 2 aromatic rings. The number of nitrogens with one attached hydrogen (secondary N) is 1. The number of amides is 1. The molecule has 0 aromatic carbocycles. The lowest BCUT2D eigenvalue weighted by Crippen LogP contribution is -2.24. The molecule has 7 heteroatoms. The van der Waals surface area contributed by atoms with Gasteiger partial charge in [0.25, 0.3) is 0 Å². The molecule has 0 radical (unpaired) electrons. The molecule has 7 nitrogen and oxygen atoms in total. The lowest BCUT2D eigenvalue weighted by Gasteiger charge is -2.12. The molecular formula is C21H32N4O3. The van der Waals surface area contributed by atoms with Gasteiger partial charge in [0.2, 0.25) is 5.91 Å². The van der Waals surface area contributed by atoms with E-state index < -0.39 is 0 Å². The van der Waals surface area contributed by atoms with Crippen molar-refractivity contribution >= 4 is 22.9 Å². The minimum absolute atomic E-state index is 0.0461. The Morgan fingerprint density at radius 3 is 2.61 bits per heavy atom. The SMILES string of the molecule is COC(=O)CCCCCNC(=O)CCc1c(C)nc2c(cnn2C(C)C)c1C. The molecule has 0 fully saturated rings. The summed E-state index contributed by atoms with van der Waals surface area (Å²) in [7, 11) is 1.40. The second-order valence-corrected chi connectivity index (χ2v) is 7.46. The van der Waals surface area contributed by atoms with Crippen LogP contribution in [-0.2, 0) is 20.7 Å². The lowest BCUT2D eigenvalue weighted by atomic mass is 10.0. The van der Waals surface area contributed by atoms with Crippen LogP contribution in [0.2, 0.25) is 0 Å². The summed E-state index contributed by atoms with van der Waals surface area (Å²) in [5.41, 5.74) is 4.15. The predicted octanol–water partition coefficient (Wildman–Crippen LogP) is 3.41. The molecule has 0 aliphatic rings. The third kappa shape index (κ3) is 5.53. The first kappa shape index (κ1) is 21.9. The monoisotopic (exact) mass is 388 g/mol. The van der Waals surface area contributed by atoms with E-state index in [2.05, 4.69) is 35.9 Å². The fourth-order valence-electron chi connectivity index (χ4n) is 3.37. The Bertz CT molecular complexity index is 827. The largest absolute Gasteiger partial charge is 0.469 e. The Hall–Kier alpha value is -2.44. The number of aryl methyl sites for hydroxylation is 2. The highest BCUT2D eigenvalue weighted by molar-refractivity contribution is 5.81. The highest BCUT2D eigenvalue weighted by Gasteiger charge is 2.15. The third-order valence-electron chi connectivity index (χ3n) is 5.03. The summed E-state index contributed by atoms with van der Waals surface area (Å²) in [4.78, 5) is 27.9. The third-order valence-corrected chi connectivity index (χ3v) is 5.03. The van der Waals surface area contributed by atoms with Gasteiger partial charge in [-0.15, -0.1) is 0 Å². The number of hydrogen-bond acceptors (Lipinski definition) is 5. The molecule has 0 aliphatic carbocycles. The van der Waals surface area contributed by atoms with Crippen LogP contribution in [0.3, 0.4) is 0 Å². The lowest BCUT2D eigenvalue weighted by molar-refractivity contribution is -0.140. The number of ether oxygens (including phenoxy) is 1. The fourth-order valence-corrected chi connectivity index (χ4v) is 3.37. The zero-order valence-electron chi connectivity index (χ0n) is 17.7. The zero-order chi connectivity index (χ0) is 20.7. The summed E-state index contributed by atoms with van der Waals surface area (Å²) < 4.78 is 6.55. The topological polar surface area (TPSA) is 86.1 Å². The number of carbonyl (C=O) groups excluding carboxylic acids is 2. The van der Waals surface area contributed by atoms with E-state index in [1.54, 1.807) is 0 Å². The Morgan fingerprint density at radius 2 is 1.93 bits per heavy atom. The van der Waals surface area contributed by atoms with Gasteiger partial charge in [-0.25, -0.2) is 9.67 Å². The maximum absolute atomic E-state index is 12.2. The average molecular weight is 389 g/mol. The van der Waals surface area contributed by atoms with Gasteiger partial charge in [-0.1, -0.05) is 6.42 Å². The molecule has 0 bridgehead atoms. The van der Waals surface area contributed by atoms with Crippen LogP contribution in [0.15, 0.2) is 6.20 Å². The Labute approximate surface area is 166 Å². The van der Waals surface area contributed by atoms with Crippen molar-refractivity contribution in [2.24, 2.45) is 0 Å². The fraction of sp³-hybridized carbons (Fsp3) is 0.619. The number of aromatic nitrogens is 3. The number of esters is 1. The summed E-state index contributed by atoms with van der Waals surface area (Å²) in [5, 5.41) is 8.47. The molecule has 2 heterocycles. The van der Waals surface area contributed by atoms with Crippen molar-refractivity contribution in [3.05, 3.63) is 23.0 Å². The Balaban J connectivity index is 1.84. The van der Waals surface area contributed by atoms with Crippen molar-refractivity contribution < 1.29 is 14.3 Å². The van der Waals surface area contributed by atoms with Crippen molar-refractivity contribution in [2.45, 2.75) is 72.3 Å². The van der Waals surface area contributed by atoms with Crippen LogP contribution in [0.25, 0.3) is 11.0 Å². The van der Waals surface area contributed by atoms with Crippen LogP contribution in [0, 0.1) is 13.8 Å². The second kappa shape index (κ2) is 10.2. The number of nitrogens with zero attached hydrogens (tertiary/aromatic N) is 3. The second-order valence-electron chi connectivity index (χ2n) is 7.46. The van der Waals surface area contributed by atoms with Gasteiger partial charge in [0, 0.05) is 36.5 Å². The minimum atomic E-state index is -0.181. The first-order chi connectivity index (χ1) is 13.3. The first-order valence-corrected chi connectivity index (χ1v) is 10.0. The Kier molecular flexibility index (Phi) is 7.96. The smallest absolute Gasteiger partial charge is 0.305 e. The van der Waals surface area contributed by atoms with E-state index in [1.165, 1.54) is 7.11 Å². The highest BCUT2D eigenvalue weighted by Crippen LogP contribution is 2.25. The van der Waals surface area contributed by atoms with E-state index in [9.17, 15) is 9.59 Å². The number of rotatable bonds is 10. The average Bonchev–Trinajstić information content (AvgIpc) is 3.08. The summed E-state index contributed by atoms with van der Waals surface area (Å²) >= 11 is 0. The molecule has 0 saturated carbocycles. The number of hydrogen-bond donors (Lipinski definition) is 1. The van der Waals surface area contributed by atoms with E-state index in [0.29, 0.717) is 25.8 Å². The van der Waals surface area contributed by atoms with Gasteiger partial charge in [-0.3, -0.25) is 9.59 Å². The standard InChI is InChI=1S/C21H32N4O3/c1-14(2)25-21-18(13-23-25)15(3)17(16(4)24-21)10-11-19(26)22-12-8-6-7-9-20(27)28-5/h13-14H,6-12H2,1-5H3,(H,22,26). The van der Waals surface area contributed by atoms with Crippen LogP contribution < -0.4 is 5.32 Å². The molecule has 28 heavy (non-hydrogen) atoms. The molecular weight excluding hydrogens is 356 g/mol. The van der Waals surface area contributed by atoms with E-state index in [4.69, 9.17) is 4.98 Å². The van der Waals surface area contributed by atoms with Crippen LogP contribution in [0.1, 0.15) is 68.8 Å². The first-order valence-electron chi connectivity index (χ1n) is 10.0. The molecule has 2 rings (SSSR count). The van der Waals surface area contributed by atoms with Crippen molar-refractivity contribution in [3.8, 4) is 0 Å². The molecule has 0 atom stereocenters. The maximum atomic E-state index is 12.2. The molecule has 1 amide bonds. The molecule has 0 unspecified atom stereocenters. The number of methoxy groups -OCH3 is 1. The van der Waals surface area contributed by atoms with Crippen LogP contribution in [0.5, 0.6) is 0 Å². The summed E-state index contributed by atoms with van der Waals surface area (Å²) in [6, 6.07) is 0.257.